The first-order chi connectivity index (χ1) is 9.29. The third-order valence-electron chi connectivity index (χ3n) is 4.31. The van der Waals surface area contributed by atoms with E-state index in [9.17, 15) is 4.79 Å². The number of carbonyl (C=O) groups is 1. The fourth-order valence-electron chi connectivity index (χ4n) is 3.47. The average Bonchev–Trinajstić information content (AvgIpc) is 2.79. The first-order valence-corrected chi connectivity index (χ1v) is 6.77. The van der Waals surface area contributed by atoms with Crippen molar-refractivity contribution in [2.24, 2.45) is 0 Å². The number of rotatable bonds is 1. The highest BCUT2D eigenvalue weighted by molar-refractivity contribution is 5.97. The molecule has 1 aromatic carbocycles. The summed E-state index contributed by atoms with van der Waals surface area (Å²) in [5.74, 6) is 1.07. The maximum atomic E-state index is 12.3. The maximum absolute atomic E-state index is 12.3. The fourth-order valence-corrected chi connectivity index (χ4v) is 3.47. The van der Waals surface area contributed by atoms with E-state index >= 15 is 0 Å². The highest BCUT2D eigenvalue weighted by Crippen LogP contribution is 2.39. The average molecular weight is 256 g/mol. The Labute approximate surface area is 111 Å². The highest BCUT2D eigenvalue weighted by Gasteiger charge is 2.33. The Morgan fingerprint density at radius 2 is 2.26 bits per heavy atom. The zero-order valence-electron chi connectivity index (χ0n) is 10.9. The van der Waals surface area contributed by atoms with E-state index in [1.807, 2.05) is 16.7 Å². The number of hydrogen-bond donors (Lipinski definition) is 1. The molecule has 19 heavy (non-hydrogen) atoms. The van der Waals surface area contributed by atoms with E-state index in [0.29, 0.717) is 12.5 Å². The smallest absolute Gasteiger partial charge is 0.231 e. The van der Waals surface area contributed by atoms with Gasteiger partial charge in [0, 0.05) is 23.5 Å². The van der Waals surface area contributed by atoms with Crippen LogP contribution in [0.4, 0.5) is 0 Å². The molecule has 0 radical (unpaired) electrons. The van der Waals surface area contributed by atoms with Crippen molar-refractivity contribution in [2.75, 3.05) is 13.7 Å². The number of nitrogens with zero attached hydrogens (tertiary/aromatic N) is 1. The largest absolute Gasteiger partial charge is 0.497 e. The van der Waals surface area contributed by atoms with Crippen LogP contribution in [0.1, 0.15) is 34.9 Å². The Kier molecular flexibility index (Phi) is 2.23. The molecule has 0 spiro atoms. The van der Waals surface area contributed by atoms with Crippen molar-refractivity contribution in [2.45, 2.75) is 25.3 Å². The SMILES string of the molecule is COc1ccc2c(c1)c1c3n2C(=O)CCC3NCC1. The lowest BCUT2D eigenvalue weighted by molar-refractivity contribution is 0.0873. The molecule has 4 heteroatoms. The van der Waals surface area contributed by atoms with Gasteiger partial charge in [0.25, 0.3) is 0 Å². The van der Waals surface area contributed by atoms with Crippen LogP contribution in [0.25, 0.3) is 10.9 Å². The fraction of sp³-hybridized carbons (Fsp3) is 0.400. The summed E-state index contributed by atoms with van der Waals surface area (Å²) >= 11 is 0. The quantitative estimate of drug-likeness (QED) is 0.851. The molecular formula is C15H16N2O2. The van der Waals surface area contributed by atoms with E-state index in [0.717, 1.165) is 30.7 Å². The number of aromatic nitrogens is 1. The van der Waals surface area contributed by atoms with Gasteiger partial charge in [0.05, 0.1) is 12.6 Å². The first kappa shape index (κ1) is 11.1. The van der Waals surface area contributed by atoms with Crippen molar-refractivity contribution in [3.63, 3.8) is 0 Å². The van der Waals surface area contributed by atoms with Gasteiger partial charge in [-0.15, -0.1) is 0 Å². The zero-order valence-corrected chi connectivity index (χ0v) is 10.9. The normalized spacial score (nSPS) is 21.5. The molecule has 3 heterocycles. The molecule has 4 nitrogen and oxygen atoms in total. The molecule has 1 atom stereocenters. The molecule has 0 aliphatic carbocycles. The third-order valence-corrected chi connectivity index (χ3v) is 4.31. The predicted octanol–water partition coefficient (Wildman–Crippen LogP) is 2.27. The summed E-state index contributed by atoms with van der Waals surface area (Å²) in [6.45, 7) is 0.988. The minimum atomic E-state index is 0.219. The second kappa shape index (κ2) is 3.84. The minimum absolute atomic E-state index is 0.219. The molecule has 2 aliphatic heterocycles. The molecule has 2 aliphatic rings. The Balaban J connectivity index is 2.09. The number of methoxy groups -OCH3 is 1. The van der Waals surface area contributed by atoms with Gasteiger partial charge in [0.15, 0.2) is 0 Å². The number of fused-ring (bicyclic) bond motifs is 3. The van der Waals surface area contributed by atoms with Crippen LogP contribution in [0.3, 0.4) is 0 Å². The van der Waals surface area contributed by atoms with E-state index in [1.165, 1.54) is 16.6 Å². The summed E-state index contributed by atoms with van der Waals surface area (Å²) < 4.78 is 7.24. The van der Waals surface area contributed by atoms with Crippen molar-refractivity contribution in [3.8, 4) is 5.75 Å². The van der Waals surface area contributed by atoms with Crippen LogP contribution in [0.2, 0.25) is 0 Å². The van der Waals surface area contributed by atoms with Crippen LogP contribution < -0.4 is 10.1 Å². The molecule has 0 fully saturated rings. The second-order valence-corrected chi connectivity index (χ2v) is 5.27. The Bertz CT molecular complexity index is 687. The Hall–Kier alpha value is -1.81. The van der Waals surface area contributed by atoms with Crippen LogP contribution >= 0.6 is 0 Å². The molecule has 0 saturated carbocycles. The number of benzene rings is 1. The van der Waals surface area contributed by atoms with E-state index in [2.05, 4.69) is 11.4 Å². The van der Waals surface area contributed by atoms with Gasteiger partial charge in [0.1, 0.15) is 5.75 Å². The molecule has 0 amide bonds. The predicted molar refractivity (Wildman–Crippen MR) is 72.8 cm³/mol. The lowest BCUT2D eigenvalue weighted by Crippen LogP contribution is -2.36. The lowest BCUT2D eigenvalue weighted by Gasteiger charge is -2.29. The summed E-state index contributed by atoms with van der Waals surface area (Å²) in [4.78, 5) is 12.3. The minimum Gasteiger partial charge on any atom is -0.497 e. The standard InChI is InChI=1S/C15H16N2O2/c1-19-9-2-4-13-11(8-9)10-6-7-16-12-3-5-14(18)17(13)15(10)12/h2,4,8,12,16H,3,5-7H2,1H3. The van der Waals surface area contributed by atoms with Gasteiger partial charge in [-0.3, -0.25) is 9.36 Å². The van der Waals surface area contributed by atoms with Gasteiger partial charge in [0.2, 0.25) is 5.91 Å². The van der Waals surface area contributed by atoms with Gasteiger partial charge in [-0.05, 0) is 43.1 Å². The monoisotopic (exact) mass is 256 g/mol. The number of nitrogens with one attached hydrogen (secondary N) is 1. The van der Waals surface area contributed by atoms with Crippen LogP contribution in [-0.4, -0.2) is 24.1 Å². The summed E-state index contributed by atoms with van der Waals surface area (Å²) in [6.07, 6.45) is 2.52. The molecule has 4 rings (SSSR count). The molecule has 1 aromatic heterocycles. The number of ether oxygens (including phenoxy) is 1. The van der Waals surface area contributed by atoms with Gasteiger partial charge in [-0.25, -0.2) is 0 Å². The van der Waals surface area contributed by atoms with Crippen molar-refractivity contribution in [1.82, 2.24) is 9.88 Å². The molecule has 2 aromatic rings. The van der Waals surface area contributed by atoms with Crippen LogP contribution in [-0.2, 0) is 6.42 Å². The number of hydrogen-bond acceptors (Lipinski definition) is 3. The molecular weight excluding hydrogens is 240 g/mol. The lowest BCUT2D eigenvalue weighted by atomic mass is 9.94. The van der Waals surface area contributed by atoms with Crippen LogP contribution in [0.15, 0.2) is 18.2 Å². The molecule has 0 saturated heterocycles. The maximum Gasteiger partial charge on any atom is 0.231 e. The highest BCUT2D eigenvalue weighted by atomic mass is 16.5. The van der Waals surface area contributed by atoms with Gasteiger partial charge < -0.3 is 10.1 Å². The summed E-state index contributed by atoms with van der Waals surface area (Å²) in [6, 6.07) is 6.33. The van der Waals surface area contributed by atoms with E-state index in [4.69, 9.17) is 4.74 Å². The van der Waals surface area contributed by atoms with E-state index in [-0.39, 0.29) is 5.91 Å². The van der Waals surface area contributed by atoms with E-state index in [1.54, 1.807) is 7.11 Å². The van der Waals surface area contributed by atoms with Crippen LogP contribution in [0.5, 0.6) is 5.75 Å². The second-order valence-electron chi connectivity index (χ2n) is 5.27. The van der Waals surface area contributed by atoms with Crippen LogP contribution in [0, 0.1) is 0 Å². The molecule has 1 unspecified atom stereocenters. The van der Waals surface area contributed by atoms with Gasteiger partial charge >= 0.3 is 0 Å². The van der Waals surface area contributed by atoms with Crippen molar-refractivity contribution < 1.29 is 9.53 Å². The summed E-state index contributed by atoms with van der Waals surface area (Å²) in [5.41, 5.74) is 3.54. The Morgan fingerprint density at radius 3 is 3.11 bits per heavy atom. The molecule has 98 valence electrons. The number of carbonyl (C=O) groups excluding carboxylic acids is 1. The summed E-state index contributed by atoms with van der Waals surface area (Å²) in [5, 5.41) is 4.70. The van der Waals surface area contributed by atoms with Gasteiger partial charge in [-0.1, -0.05) is 0 Å². The van der Waals surface area contributed by atoms with Crippen molar-refractivity contribution >= 4 is 16.8 Å². The molecule has 1 N–H and O–H groups in total. The van der Waals surface area contributed by atoms with Crippen molar-refractivity contribution in [3.05, 3.63) is 29.5 Å². The van der Waals surface area contributed by atoms with E-state index < -0.39 is 0 Å². The summed E-state index contributed by atoms with van der Waals surface area (Å²) in [7, 11) is 1.68. The van der Waals surface area contributed by atoms with Gasteiger partial charge in [-0.2, -0.15) is 0 Å². The van der Waals surface area contributed by atoms with Crippen molar-refractivity contribution in [1.29, 1.82) is 0 Å². The Morgan fingerprint density at radius 1 is 1.37 bits per heavy atom. The molecule has 0 bridgehead atoms. The third kappa shape index (κ3) is 1.40. The zero-order chi connectivity index (χ0) is 13.0. The first-order valence-electron chi connectivity index (χ1n) is 6.77. The topological polar surface area (TPSA) is 43.3 Å².